The minimum absolute atomic E-state index is 0.0247. The largest absolute Gasteiger partial charge is 0.320 e. The lowest BCUT2D eigenvalue weighted by atomic mass is 9.98. The molecule has 5 heteroatoms. The van der Waals surface area contributed by atoms with Gasteiger partial charge in [-0.25, -0.2) is 0 Å². The lowest BCUT2D eigenvalue weighted by Gasteiger charge is -2.23. The van der Waals surface area contributed by atoms with Crippen LogP contribution in [-0.2, 0) is 4.79 Å². The summed E-state index contributed by atoms with van der Waals surface area (Å²) >= 11 is 1.59. The molecule has 1 aromatic heterocycles. The Morgan fingerprint density at radius 2 is 2.19 bits per heavy atom. The second-order valence-electron chi connectivity index (χ2n) is 6.59. The van der Waals surface area contributed by atoms with Gasteiger partial charge in [0, 0.05) is 16.8 Å². The standard InChI is InChI=1S/C16H19N3OS/c17-8-12-7-13(21-10-12)14-18-16(5-1-2-6-16)15(20)19(14)9-11-3-4-11/h7,10-11,14,18H,1-6,9H2/t14-/m1/s1. The lowest BCUT2D eigenvalue weighted by molar-refractivity contribution is -0.133. The van der Waals surface area contributed by atoms with Gasteiger partial charge in [-0.1, -0.05) is 12.8 Å². The van der Waals surface area contributed by atoms with Crippen LogP contribution in [0.2, 0.25) is 0 Å². The lowest BCUT2D eigenvalue weighted by Crippen LogP contribution is -2.44. The minimum atomic E-state index is -0.323. The Labute approximate surface area is 128 Å². The third-order valence-electron chi connectivity index (χ3n) is 5.02. The van der Waals surface area contributed by atoms with Gasteiger partial charge in [0.1, 0.15) is 12.2 Å². The van der Waals surface area contributed by atoms with Crippen molar-refractivity contribution in [1.29, 1.82) is 5.26 Å². The Kier molecular flexibility index (Phi) is 3.05. The van der Waals surface area contributed by atoms with Gasteiger partial charge in [0.25, 0.3) is 0 Å². The van der Waals surface area contributed by atoms with Crippen molar-refractivity contribution in [3.05, 3.63) is 21.9 Å². The highest BCUT2D eigenvalue weighted by atomic mass is 32.1. The van der Waals surface area contributed by atoms with Crippen molar-refractivity contribution in [3.63, 3.8) is 0 Å². The van der Waals surface area contributed by atoms with E-state index in [9.17, 15) is 4.79 Å². The molecule has 1 atom stereocenters. The molecule has 1 aliphatic heterocycles. The zero-order chi connectivity index (χ0) is 14.4. The van der Waals surface area contributed by atoms with E-state index in [0.29, 0.717) is 17.4 Å². The van der Waals surface area contributed by atoms with Crippen molar-refractivity contribution < 1.29 is 4.79 Å². The van der Waals surface area contributed by atoms with Crippen LogP contribution in [-0.4, -0.2) is 22.9 Å². The van der Waals surface area contributed by atoms with Crippen LogP contribution in [0.1, 0.15) is 55.1 Å². The second kappa shape index (κ2) is 4.82. The molecule has 0 unspecified atom stereocenters. The van der Waals surface area contributed by atoms with Crippen LogP contribution in [0.4, 0.5) is 0 Å². The maximum absolute atomic E-state index is 13.0. The van der Waals surface area contributed by atoms with Crippen LogP contribution in [0.25, 0.3) is 0 Å². The average Bonchev–Trinajstić information content (AvgIpc) is 2.92. The zero-order valence-electron chi connectivity index (χ0n) is 12.0. The summed E-state index contributed by atoms with van der Waals surface area (Å²) in [5, 5.41) is 14.5. The molecule has 4 rings (SSSR count). The van der Waals surface area contributed by atoms with E-state index >= 15 is 0 Å². The third-order valence-corrected chi connectivity index (χ3v) is 6.01. The van der Waals surface area contributed by atoms with Crippen molar-refractivity contribution in [1.82, 2.24) is 10.2 Å². The van der Waals surface area contributed by atoms with E-state index in [1.54, 1.807) is 11.3 Å². The van der Waals surface area contributed by atoms with Gasteiger partial charge >= 0.3 is 0 Å². The van der Waals surface area contributed by atoms with E-state index in [4.69, 9.17) is 5.26 Å². The Hall–Kier alpha value is -1.38. The Morgan fingerprint density at radius 1 is 1.43 bits per heavy atom. The highest BCUT2D eigenvalue weighted by Crippen LogP contribution is 2.44. The molecule has 3 aliphatic rings. The Balaban J connectivity index is 1.66. The molecular formula is C16H19N3OS. The van der Waals surface area contributed by atoms with Gasteiger partial charge in [0.2, 0.25) is 5.91 Å². The van der Waals surface area contributed by atoms with Crippen molar-refractivity contribution in [3.8, 4) is 6.07 Å². The molecule has 1 saturated heterocycles. The predicted molar refractivity (Wildman–Crippen MR) is 80.5 cm³/mol. The highest BCUT2D eigenvalue weighted by Gasteiger charge is 2.53. The van der Waals surface area contributed by atoms with E-state index in [0.717, 1.165) is 37.1 Å². The molecule has 0 bridgehead atoms. The zero-order valence-corrected chi connectivity index (χ0v) is 12.8. The van der Waals surface area contributed by atoms with Crippen molar-refractivity contribution in [2.24, 2.45) is 5.92 Å². The van der Waals surface area contributed by atoms with Gasteiger partial charge in [-0.05, 0) is 37.7 Å². The third kappa shape index (κ3) is 2.18. The number of carbonyl (C=O) groups excluding carboxylic acids is 1. The normalized spacial score (nSPS) is 27.5. The minimum Gasteiger partial charge on any atom is -0.320 e. The first kappa shape index (κ1) is 13.3. The summed E-state index contributed by atoms with van der Waals surface area (Å²) in [5.74, 6) is 0.981. The number of amides is 1. The van der Waals surface area contributed by atoms with E-state index < -0.39 is 0 Å². The summed E-state index contributed by atoms with van der Waals surface area (Å²) in [6.45, 7) is 0.873. The summed E-state index contributed by atoms with van der Waals surface area (Å²) in [6.07, 6.45) is 6.66. The maximum Gasteiger partial charge on any atom is 0.244 e. The van der Waals surface area contributed by atoms with Gasteiger partial charge in [-0.2, -0.15) is 5.26 Å². The molecule has 0 aromatic carbocycles. The Bertz CT molecular complexity index is 607. The topological polar surface area (TPSA) is 56.1 Å². The molecule has 2 aliphatic carbocycles. The highest BCUT2D eigenvalue weighted by molar-refractivity contribution is 7.10. The molecule has 4 nitrogen and oxygen atoms in total. The van der Waals surface area contributed by atoms with E-state index in [-0.39, 0.29) is 11.7 Å². The summed E-state index contributed by atoms with van der Waals surface area (Å²) in [7, 11) is 0. The summed E-state index contributed by atoms with van der Waals surface area (Å²) in [6, 6.07) is 4.12. The first-order valence-corrected chi connectivity index (χ1v) is 8.67. The molecule has 2 heterocycles. The molecule has 1 amide bonds. The fourth-order valence-electron chi connectivity index (χ4n) is 3.68. The second-order valence-corrected chi connectivity index (χ2v) is 7.53. The molecule has 1 N–H and O–H groups in total. The quantitative estimate of drug-likeness (QED) is 0.934. The number of rotatable bonds is 3. The molecule has 2 saturated carbocycles. The van der Waals surface area contributed by atoms with Gasteiger partial charge in [-0.3, -0.25) is 10.1 Å². The number of carbonyl (C=O) groups is 1. The molecule has 1 spiro atoms. The molecule has 1 aromatic rings. The number of thiophene rings is 1. The SMILES string of the molecule is N#Cc1csc([C@@H]2NC3(CCCC3)C(=O)N2CC2CC2)c1. The van der Waals surface area contributed by atoms with Crippen molar-refractivity contribution in [2.75, 3.05) is 6.54 Å². The first-order chi connectivity index (χ1) is 10.2. The molecule has 0 radical (unpaired) electrons. The predicted octanol–water partition coefficient (Wildman–Crippen LogP) is 2.77. The number of hydrogen-bond acceptors (Lipinski definition) is 4. The smallest absolute Gasteiger partial charge is 0.244 e. The van der Waals surface area contributed by atoms with Crippen LogP contribution in [0, 0.1) is 17.2 Å². The fourth-order valence-corrected chi connectivity index (χ4v) is 4.57. The van der Waals surface area contributed by atoms with Gasteiger partial charge in [0.05, 0.1) is 11.1 Å². The van der Waals surface area contributed by atoms with Crippen LogP contribution >= 0.6 is 11.3 Å². The maximum atomic E-state index is 13.0. The fraction of sp³-hybridized carbons (Fsp3) is 0.625. The Morgan fingerprint density at radius 3 is 2.81 bits per heavy atom. The number of hydrogen-bond donors (Lipinski definition) is 1. The molecule has 3 fully saturated rings. The van der Waals surface area contributed by atoms with Gasteiger partial charge in [-0.15, -0.1) is 11.3 Å². The average molecular weight is 301 g/mol. The van der Waals surface area contributed by atoms with Crippen molar-refractivity contribution >= 4 is 17.2 Å². The molecule has 110 valence electrons. The first-order valence-electron chi connectivity index (χ1n) is 7.79. The molecule has 21 heavy (non-hydrogen) atoms. The number of nitrogens with zero attached hydrogens (tertiary/aromatic N) is 2. The van der Waals surface area contributed by atoms with Gasteiger partial charge in [0.15, 0.2) is 0 Å². The van der Waals surface area contributed by atoms with Crippen LogP contribution < -0.4 is 5.32 Å². The summed E-state index contributed by atoms with van der Waals surface area (Å²) < 4.78 is 0. The summed E-state index contributed by atoms with van der Waals surface area (Å²) in [4.78, 5) is 16.1. The van der Waals surface area contributed by atoms with Crippen LogP contribution in [0.15, 0.2) is 11.4 Å². The van der Waals surface area contributed by atoms with E-state index in [1.165, 1.54) is 12.8 Å². The van der Waals surface area contributed by atoms with Crippen LogP contribution in [0.3, 0.4) is 0 Å². The number of nitrogens with one attached hydrogen (secondary N) is 1. The van der Waals surface area contributed by atoms with E-state index in [1.807, 2.05) is 11.4 Å². The summed E-state index contributed by atoms with van der Waals surface area (Å²) in [5.41, 5.74) is 0.374. The van der Waals surface area contributed by atoms with Crippen LogP contribution in [0.5, 0.6) is 0 Å². The van der Waals surface area contributed by atoms with Crippen molar-refractivity contribution in [2.45, 2.75) is 50.2 Å². The van der Waals surface area contributed by atoms with E-state index in [2.05, 4.69) is 16.3 Å². The monoisotopic (exact) mass is 301 g/mol. The molecular weight excluding hydrogens is 282 g/mol. The van der Waals surface area contributed by atoms with Gasteiger partial charge < -0.3 is 4.90 Å². The number of nitriles is 1.